The van der Waals surface area contributed by atoms with E-state index in [9.17, 15) is 19.5 Å². The van der Waals surface area contributed by atoms with Crippen LogP contribution in [0.3, 0.4) is 0 Å². The van der Waals surface area contributed by atoms with Crippen molar-refractivity contribution in [3.8, 4) is 5.88 Å². The van der Waals surface area contributed by atoms with Gasteiger partial charge in [-0.15, -0.1) is 0 Å². The van der Waals surface area contributed by atoms with Crippen LogP contribution in [-0.2, 0) is 11.3 Å². The van der Waals surface area contributed by atoms with Gasteiger partial charge >= 0.3 is 6.09 Å². The number of rotatable bonds is 5. The lowest BCUT2D eigenvalue weighted by molar-refractivity contribution is 0.0236. The van der Waals surface area contributed by atoms with Crippen molar-refractivity contribution in [2.24, 2.45) is 5.92 Å². The van der Waals surface area contributed by atoms with Gasteiger partial charge < -0.3 is 20.1 Å². The fourth-order valence-corrected chi connectivity index (χ4v) is 4.20. The Morgan fingerprint density at radius 3 is 2.49 bits per heavy atom. The van der Waals surface area contributed by atoms with E-state index >= 15 is 0 Å². The SMILES string of the molecule is CC(C)Cn1c(=O)c(C(=O)NC2CC2)c(O)n2ncc(C=C3CCN(C(=O)OC(C)(C)C)CC3)c12. The first-order valence-electron chi connectivity index (χ1n) is 12.3. The summed E-state index contributed by atoms with van der Waals surface area (Å²) in [6.07, 6.45) is 6.33. The van der Waals surface area contributed by atoms with Crippen LogP contribution in [0, 0.1) is 5.92 Å². The van der Waals surface area contributed by atoms with Gasteiger partial charge in [-0.05, 0) is 52.4 Å². The van der Waals surface area contributed by atoms with Crippen LogP contribution in [0.15, 0.2) is 16.6 Å². The van der Waals surface area contributed by atoms with Crippen LogP contribution in [0.25, 0.3) is 11.7 Å². The fraction of sp³-hybridized carbons (Fsp3) is 0.600. The number of carbonyl (C=O) groups excluding carboxylic acids is 2. The second kappa shape index (κ2) is 9.39. The predicted octanol–water partition coefficient (Wildman–Crippen LogP) is 3.16. The average molecular weight is 486 g/mol. The van der Waals surface area contributed by atoms with Crippen molar-refractivity contribution in [3.05, 3.63) is 33.3 Å². The summed E-state index contributed by atoms with van der Waals surface area (Å²) in [5.41, 5.74) is 0.901. The summed E-state index contributed by atoms with van der Waals surface area (Å²) < 4.78 is 8.27. The van der Waals surface area contributed by atoms with Crippen molar-refractivity contribution in [3.63, 3.8) is 0 Å². The Kier molecular flexibility index (Phi) is 6.66. The summed E-state index contributed by atoms with van der Waals surface area (Å²) in [5.74, 6) is -0.889. The fourth-order valence-electron chi connectivity index (χ4n) is 4.20. The van der Waals surface area contributed by atoms with E-state index in [1.165, 1.54) is 9.08 Å². The number of nitrogens with one attached hydrogen (secondary N) is 1. The number of fused-ring (bicyclic) bond motifs is 1. The molecule has 0 bridgehead atoms. The zero-order chi connectivity index (χ0) is 25.5. The monoisotopic (exact) mass is 485 g/mol. The number of nitrogens with zero attached hydrogens (tertiary/aromatic N) is 4. The lowest BCUT2D eigenvalue weighted by Gasteiger charge is -2.31. The summed E-state index contributed by atoms with van der Waals surface area (Å²) in [6, 6.07) is 0.0556. The van der Waals surface area contributed by atoms with Crippen molar-refractivity contribution in [1.82, 2.24) is 24.4 Å². The summed E-state index contributed by atoms with van der Waals surface area (Å²) in [7, 11) is 0. The van der Waals surface area contributed by atoms with Crippen LogP contribution in [0.4, 0.5) is 4.79 Å². The number of hydrogen-bond donors (Lipinski definition) is 2. The molecule has 4 rings (SSSR count). The van der Waals surface area contributed by atoms with E-state index in [1.54, 1.807) is 11.1 Å². The van der Waals surface area contributed by atoms with E-state index in [0.717, 1.165) is 18.4 Å². The standard InChI is InChI=1S/C25H35N5O5/c1-15(2)14-29-21-17(12-16-8-10-28(11-9-16)24(34)35-25(3,4)5)13-26-30(21)23(33)19(22(29)32)20(31)27-18-6-7-18/h12-13,15,18,33H,6-11,14H2,1-5H3,(H,27,31). The normalized spacial score (nSPS) is 16.6. The largest absolute Gasteiger partial charge is 0.492 e. The quantitative estimate of drug-likeness (QED) is 0.672. The third-order valence-electron chi connectivity index (χ3n) is 6.01. The molecular formula is C25H35N5O5. The number of likely N-dealkylation sites (tertiary alicyclic amines) is 1. The predicted molar refractivity (Wildman–Crippen MR) is 131 cm³/mol. The Morgan fingerprint density at radius 2 is 1.91 bits per heavy atom. The maximum absolute atomic E-state index is 13.4. The molecule has 2 aromatic rings. The van der Waals surface area contributed by atoms with Gasteiger partial charge in [0.25, 0.3) is 11.5 Å². The van der Waals surface area contributed by atoms with Crippen LogP contribution in [0.1, 0.15) is 76.2 Å². The summed E-state index contributed by atoms with van der Waals surface area (Å²) >= 11 is 0. The highest BCUT2D eigenvalue weighted by Gasteiger charge is 2.30. The molecule has 0 aromatic carbocycles. The van der Waals surface area contributed by atoms with E-state index in [0.29, 0.717) is 43.7 Å². The molecule has 2 fully saturated rings. The smallest absolute Gasteiger partial charge is 0.410 e. The molecule has 0 unspecified atom stereocenters. The zero-order valence-electron chi connectivity index (χ0n) is 21.1. The first-order valence-corrected chi connectivity index (χ1v) is 12.3. The van der Waals surface area contributed by atoms with Crippen molar-refractivity contribution < 1.29 is 19.4 Å². The molecule has 2 amide bonds. The molecular weight excluding hydrogens is 450 g/mol. The molecule has 1 saturated carbocycles. The molecule has 10 heteroatoms. The molecule has 10 nitrogen and oxygen atoms in total. The highest BCUT2D eigenvalue weighted by atomic mass is 16.6. The molecule has 0 spiro atoms. The van der Waals surface area contributed by atoms with Crippen LogP contribution < -0.4 is 10.9 Å². The number of piperidine rings is 1. The van der Waals surface area contributed by atoms with Gasteiger partial charge in [0, 0.05) is 31.2 Å². The van der Waals surface area contributed by atoms with Gasteiger partial charge in [0.2, 0.25) is 5.88 Å². The van der Waals surface area contributed by atoms with E-state index in [4.69, 9.17) is 4.74 Å². The van der Waals surface area contributed by atoms with Crippen molar-refractivity contribution >= 4 is 23.7 Å². The van der Waals surface area contributed by atoms with E-state index in [2.05, 4.69) is 10.4 Å². The molecule has 1 saturated heterocycles. The van der Waals surface area contributed by atoms with E-state index in [1.807, 2.05) is 40.7 Å². The van der Waals surface area contributed by atoms with Gasteiger partial charge in [0.15, 0.2) is 5.56 Å². The third kappa shape index (κ3) is 5.52. The van der Waals surface area contributed by atoms with Gasteiger partial charge in [-0.3, -0.25) is 14.2 Å². The Labute approximate surface area is 204 Å². The first kappa shape index (κ1) is 24.8. The molecule has 3 heterocycles. The summed E-state index contributed by atoms with van der Waals surface area (Å²) in [4.78, 5) is 40.2. The molecule has 190 valence electrons. The van der Waals surface area contributed by atoms with Gasteiger partial charge in [0.05, 0.1) is 6.20 Å². The average Bonchev–Trinajstić information content (AvgIpc) is 3.47. The van der Waals surface area contributed by atoms with Crippen LogP contribution in [0.2, 0.25) is 0 Å². The molecule has 0 atom stereocenters. The Bertz CT molecular complexity index is 1220. The van der Waals surface area contributed by atoms with Crippen LogP contribution >= 0.6 is 0 Å². The lowest BCUT2D eigenvalue weighted by Crippen LogP contribution is -2.40. The summed E-state index contributed by atoms with van der Waals surface area (Å²) in [6.45, 7) is 11.0. The molecule has 2 N–H and O–H groups in total. The zero-order valence-corrected chi connectivity index (χ0v) is 21.1. The minimum Gasteiger partial charge on any atom is -0.492 e. The summed E-state index contributed by atoms with van der Waals surface area (Å²) in [5, 5.41) is 17.9. The van der Waals surface area contributed by atoms with Gasteiger partial charge in [-0.25, -0.2) is 4.79 Å². The topological polar surface area (TPSA) is 118 Å². The Hall–Kier alpha value is -3.30. The Morgan fingerprint density at radius 1 is 1.26 bits per heavy atom. The van der Waals surface area contributed by atoms with Crippen LogP contribution in [0.5, 0.6) is 5.88 Å². The van der Waals surface area contributed by atoms with Gasteiger partial charge in [-0.2, -0.15) is 9.61 Å². The molecule has 0 radical (unpaired) electrons. The maximum atomic E-state index is 13.4. The molecule has 1 aliphatic heterocycles. The lowest BCUT2D eigenvalue weighted by atomic mass is 10.0. The number of amides is 2. The Balaban J connectivity index is 1.65. The number of aromatic nitrogens is 3. The maximum Gasteiger partial charge on any atom is 0.410 e. The number of ether oxygens (including phenoxy) is 1. The van der Waals surface area contributed by atoms with Crippen molar-refractivity contribution in [2.75, 3.05) is 13.1 Å². The minimum absolute atomic E-state index is 0.0556. The molecule has 2 aliphatic rings. The number of carbonyl (C=O) groups is 2. The van der Waals surface area contributed by atoms with E-state index in [-0.39, 0.29) is 23.6 Å². The molecule has 35 heavy (non-hydrogen) atoms. The highest BCUT2D eigenvalue weighted by Crippen LogP contribution is 2.26. The van der Waals surface area contributed by atoms with E-state index < -0.39 is 22.9 Å². The first-order chi connectivity index (χ1) is 16.4. The minimum atomic E-state index is -0.570. The van der Waals surface area contributed by atoms with Gasteiger partial charge in [0.1, 0.15) is 11.2 Å². The third-order valence-corrected chi connectivity index (χ3v) is 6.01. The van der Waals surface area contributed by atoms with Crippen molar-refractivity contribution in [2.45, 2.75) is 78.5 Å². The van der Waals surface area contributed by atoms with Gasteiger partial charge in [-0.1, -0.05) is 25.5 Å². The van der Waals surface area contributed by atoms with Crippen LogP contribution in [-0.4, -0.2) is 60.9 Å². The number of aromatic hydroxyl groups is 1. The van der Waals surface area contributed by atoms with Crippen molar-refractivity contribution in [1.29, 1.82) is 0 Å². The second-order valence-electron chi connectivity index (χ2n) is 10.9. The molecule has 2 aromatic heterocycles. The second-order valence-corrected chi connectivity index (χ2v) is 10.9. The highest BCUT2D eigenvalue weighted by molar-refractivity contribution is 5.96. The number of hydrogen-bond acceptors (Lipinski definition) is 6. The molecule has 1 aliphatic carbocycles.